The van der Waals surface area contributed by atoms with Gasteiger partial charge in [-0.25, -0.2) is 4.98 Å². The van der Waals surface area contributed by atoms with Crippen LogP contribution in [0.15, 0.2) is 22.8 Å². The second-order valence-corrected chi connectivity index (χ2v) is 5.84. The number of carbonyl (C=O) groups is 2. The van der Waals surface area contributed by atoms with Gasteiger partial charge in [0.1, 0.15) is 11.3 Å². The third kappa shape index (κ3) is 3.85. The fourth-order valence-corrected chi connectivity index (χ4v) is 2.53. The van der Waals surface area contributed by atoms with Crippen molar-refractivity contribution in [2.45, 2.75) is 26.7 Å². The van der Waals surface area contributed by atoms with E-state index in [1.165, 1.54) is 6.92 Å². The number of carbonyl (C=O) groups excluding carboxylic acids is 2. The van der Waals surface area contributed by atoms with Gasteiger partial charge in [0.2, 0.25) is 5.91 Å². The number of halogens is 1. The second-order valence-electron chi connectivity index (χ2n) is 4.93. The number of nitrogens with one attached hydrogen (secondary N) is 2. The zero-order chi connectivity index (χ0) is 16.1. The quantitative estimate of drug-likeness (QED) is 0.766. The summed E-state index contributed by atoms with van der Waals surface area (Å²) in [6.45, 7) is 4.51. The maximum Gasteiger partial charge on any atom is 0.270 e. The van der Waals surface area contributed by atoms with Crippen LogP contribution < -0.4 is 10.6 Å². The first-order valence-electron chi connectivity index (χ1n) is 7.22. The van der Waals surface area contributed by atoms with Gasteiger partial charge < -0.3 is 10.6 Å². The molecule has 0 fully saturated rings. The number of pyridine rings is 1. The zero-order valence-corrected chi connectivity index (χ0v) is 14.2. The highest BCUT2D eigenvalue weighted by Crippen LogP contribution is 2.17. The minimum absolute atomic E-state index is 0.0637. The summed E-state index contributed by atoms with van der Waals surface area (Å²) in [6, 6.07) is 3.77. The molecule has 118 valence electrons. The lowest BCUT2D eigenvalue weighted by Gasteiger charge is -2.07. The summed E-state index contributed by atoms with van der Waals surface area (Å²) in [5.74, 6) is -0.212. The van der Waals surface area contributed by atoms with Crippen LogP contribution >= 0.6 is 15.9 Å². The van der Waals surface area contributed by atoms with Crippen molar-refractivity contribution in [1.82, 2.24) is 20.0 Å². The molecule has 0 unspecified atom stereocenters. The fraction of sp³-hybridized carbons (Fsp3) is 0.400. The molecule has 2 aromatic heterocycles. The van der Waals surface area contributed by atoms with E-state index in [-0.39, 0.29) is 11.8 Å². The molecule has 2 aromatic rings. The molecule has 0 aliphatic heterocycles. The Bertz CT molecular complexity index is 696. The van der Waals surface area contributed by atoms with Crippen LogP contribution in [0.3, 0.4) is 0 Å². The van der Waals surface area contributed by atoms with Crippen LogP contribution in [-0.4, -0.2) is 34.3 Å². The average molecular weight is 367 g/mol. The average Bonchev–Trinajstić information content (AvgIpc) is 2.84. The lowest BCUT2D eigenvalue weighted by molar-refractivity contribution is -0.118. The van der Waals surface area contributed by atoms with Crippen molar-refractivity contribution in [3.63, 3.8) is 0 Å². The largest absolute Gasteiger partial charge is 0.356 e. The Morgan fingerprint density at radius 3 is 2.68 bits per heavy atom. The van der Waals surface area contributed by atoms with Gasteiger partial charge in [0.15, 0.2) is 0 Å². The molecule has 6 nitrogen and oxygen atoms in total. The molecule has 2 heterocycles. The van der Waals surface area contributed by atoms with Crippen molar-refractivity contribution in [2.75, 3.05) is 13.1 Å². The standard InChI is InChI=1S/C15H19BrN4O2/c1-3-12-14(15(22)18-8-4-7-17-10(2)21)20-9-11(16)5-6-13(20)19-12/h5-6,9H,3-4,7-8H2,1-2H3,(H,17,21)(H,18,22). The molecule has 2 amide bonds. The van der Waals surface area contributed by atoms with E-state index in [1.807, 2.05) is 25.3 Å². The highest BCUT2D eigenvalue weighted by molar-refractivity contribution is 9.10. The molecule has 0 aromatic carbocycles. The first-order valence-corrected chi connectivity index (χ1v) is 8.01. The van der Waals surface area contributed by atoms with Crippen molar-refractivity contribution in [1.29, 1.82) is 0 Å². The molecule has 0 saturated heterocycles. The number of hydrogen-bond acceptors (Lipinski definition) is 3. The van der Waals surface area contributed by atoms with Gasteiger partial charge in [0.05, 0.1) is 5.69 Å². The van der Waals surface area contributed by atoms with E-state index in [2.05, 4.69) is 31.5 Å². The highest BCUT2D eigenvalue weighted by atomic mass is 79.9. The lowest BCUT2D eigenvalue weighted by Crippen LogP contribution is -2.30. The van der Waals surface area contributed by atoms with Gasteiger partial charge in [0, 0.05) is 30.7 Å². The molecule has 0 atom stereocenters. The van der Waals surface area contributed by atoms with Crippen LogP contribution in [0.5, 0.6) is 0 Å². The van der Waals surface area contributed by atoms with E-state index in [1.54, 1.807) is 4.40 Å². The molecule has 0 radical (unpaired) electrons. The van der Waals surface area contributed by atoms with Crippen LogP contribution in [-0.2, 0) is 11.2 Å². The molecule has 2 rings (SSSR count). The Balaban J connectivity index is 2.10. The maximum absolute atomic E-state index is 12.4. The van der Waals surface area contributed by atoms with Crippen molar-refractivity contribution in [3.05, 3.63) is 34.2 Å². The van der Waals surface area contributed by atoms with E-state index in [0.717, 1.165) is 15.8 Å². The van der Waals surface area contributed by atoms with Crippen LogP contribution in [0.1, 0.15) is 36.5 Å². The Morgan fingerprint density at radius 1 is 1.27 bits per heavy atom. The molecule has 0 saturated carbocycles. The van der Waals surface area contributed by atoms with E-state index >= 15 is 0 Å². The van der Waals surface area contributed by atoms with Crippen LogP contribution in [0.4, 0.5) is 0 Å². The van der Waals surface area contributed by atoms with Crippen molar-refractivity contribution < 1.29 is 9.59 Å². The lowest BCUT2D eigenvalue weighted by atomic mass is 10.2. The molecular weight excluding hydrogens is 348 g/mol. The number of aromatic nitrogens is 2. The summed E-state index contributed by atoms with van der Waals surface area (Å²) in [7, 11) is 0. The van der Waals surface area contributed by atoms with Crippen LogP contribution in [0, 0.1) is 0 Å². The molecule has 0 spiro atoms. The summed E-state index contributed by atoms with van der Waals surface area (Å²) in [5, 5.41) is 5.58. The number of nitrogens with zero attached hydrogens (tertiary/aromatic N) is 2. The minimum Gasteiger partial charge on any atom is -0.356 e. The highest BCUT2D eigenvalue weighted by Gasteiger charge is 2.17. The normalized spacial score (nSPS) is 10.7. The number of amides is 2. The summed E-state index contributed by atoms with van der Waals surface area (Å²) < 4.78 is 2.69. The van der Waals surface area contributed by atoms with E-state index in [0.29, 0.717) is 31.6 Å². The van der Waals surface area contributed by atoms with E-state index in [9.17, 15) is 9.59 Å². The summed E-state index contributed by atoms with van der Waals surface area (Å²) in [6.07, 6.45) is 3.22. The number of fused-ring (bicyclic) bond motifs is 1. The summed E-state index contributed by atoms with van der Waals surface area (Å²) >= 11 is 3.41. The SMILES string of the molecule is CCc1nc2ccc(Br)cn2c1C(=O)NCCCNC(C)=O. The number of aryl methyl sites for hydroxylation is 1. The predicted octanol–water partition coefficient (Wildman–Crippen LogP) is 1.92. The first kappa shape index (κ1) is 16.5. The van der Waals surface area contributed by atoms with Gasteiger partial charge in [-0.2, -0.15) is 0 Å². The molecule has 22 heavy (non-hydrogen) atoms. The third-order valence-electron chi connectivity index (χ3n) is 3.22. The van der Waals surface area contributed by atoms with Crippen molar-refractivity contribution in [3.8, 4) is 0 Å². The van der Waals surface area contributed by atoms with Gasteiger partial charge in [-0.15, -0.1) is 0 Å². The van der Waals surface area contributed by atoms with Crippen LogP contribution in [0.25, 0.3) is 5.65 Å². The Morgan fingerprint density at radius 2 is 2.00 bits per heavy atom. The fourth-order valence-electron chi connectivity index (χ4n) is 2.19. The van der Waals surface area contributed by atoms with E-state index < -0.39 is 0 Å². The van der Waals surface area contributed by atoms with Gasteiger partial charge >= 0.3 is 0 Å². The van der Waals surface area contributed by atoms with Gasteiger partial charge in [0.25, 0.3) is 5.91 Å². The number of hydrogen-bond donors (Lipinski definition) is 2. The zero-order valence-electron chi connectivity index (χ0n) is 12.6. The number of rotatable bonds is 6. The van der Waals surface area contributed by atoms with Gasteiger partial charge in [-0.3, -0.25) is 14.0 Å². The second kappa shape index (κ2) is 7.40. The van der Waals surface area contributed by atoms with Crippen molar-refractivity contribution in [2.24, 2.45) is 0 Å². The van der Waals surface area contributed by atoms with Crippen LogP contribution in [0.2, 0.25) is 0 Å². The van der Waals surface area contributed by atoms with Gasteiger partial charge in [-0.05, 0) is 40.9 Å². The summed E-state index contributed by atoms with van der Waals surface area (Å²) in [5.41, 5.74) is 2.10. The van der Waals surface area contributed by atoms with Crippen molar-refractivity contribution >= 4 is 33.4 Å². The maximum atomic E-state index is 12.4. The third-order valence-corrected chi connectivity index (χ3v) is 3.69. The van der Waals surface area contributed by atoms with Gasteiger partial charge in [-0.1, -0.05) is 6.92 Å². The molecule has 0 aliphatic rings. The first-order chi connectivity index (χ1) is 10.5. The smallest absolute Gasteiger partial charge is 0.270 e. The molecular formula is C15H19BrN4O2. The summed E-state index contributed by atoms with van der Waals surface area (Å²) in [4.78, 5) is 27.7. The molecule has 0 aliphatic carbocycles. The Kier molecular flexibility index (Phi) is 5.54. The Labute approximate surface area is 137 Å². The number of imidazole rings is 1. The topological polar surface area (TPSA) is 75.5 Å². The van der Waals surface area contributed by atoms with E-state index in [4.69, 9.17) is 0 Å². The molecule has 7 heteroatoms. The molecule has 2 N–H and O–H groups in total. The monoisotopic (exact) mass is 366 g/mol. The Hall–Kier alpha value is -1.89. The predicted molar refractivity (Wildman–Crippen MR) is 87.9 cm³/mol. The minimum atomic E-state index is -0.148. The molecule has 0 bridgehead atoms.